The Hall–Kier alpha value is -1.78. The molecule has 3 heterocycles. The third kappa shape index (κ3) is 4.00. The van der Waals surface area contributed by atoms with E-state index >= 15 is 0 Å². The molecular weight excluding hydrogens is 337 g/mol. The fraction of sp³-hybridized carbons (Fsp3) is 0.583. The summed E-state index contributed by atoms with van der Waals surface area (Å²) >= 11 is 0. The summed E-state index contributed by atoms with van der Waals surface area (Å²) in [4.78, 5) is 32.6. The van der Waals surface area contributed by atoms with Crippen LogP contribution < -0.4 is 16.0 Å². The summed E-state index contributed by atoms with van der Waals surface area (Å²) in [6.45, 7) is 3.83. The Morgan fingerprint density at radius 1 is 1.33 bits per heavy atom. The summed E-state index contributed by atoms with van der Waals surface area (Å²) in [5.41, 5.74) is 7.06. The van der Waals surface area contributed by atoms with E-state index < -0.39 is 13.9 Å². The summed E-state index contributed by atoms with van der Waals surface area (Å²) in [5, 5.41) is 3.28. The zero-order valence-corrected chi connectivity index (χ0v) is 13.9. The molecule has 5 N–H and O–H groups in total. The first-order valence-electron chi connectivity index (χ1n) is 7.50. The maximum Gasteiger partial charge on any atom is 0.350 e. The number of rotatable bonds is 6. The van der Waals surface area contributed by atoms with Crippen molar-refractivity contribution >= 4 is 30.5 Å². The number of nitrogens with zero attached hydrogens (tertiary/aromatic N) is 5. The molecule has 0 amide bonds. The number of anilines is 2. The second-order valence-corrected chi connectivity index (χ2v) is 7.04. The minimum absolute atomic E-state index is 0.128. The number of aromatic nitrogens is 4. The molecular formula is C12H20N7O4P. The van der Waals surface area contributed by atoms with E-state index in [1.807, 2.05) is 0 Å². The van der Waals surface area contributed by atoms with Gasteiger partial charge >= 0.3 is 7.60 Å². The minimum Gasteiger partial charge on any atom is -0.368 e. The first-order chi connectivity index (χ1) is 11.4. The molecule has 2 aromatic heterocycles. The maximum atomic E-state index is 10.8. The first kappa shape index (κ1) is 17.1. The fourth-order valence-electron chi connectivity index (χ4n) is 2.55. The molecule has 11 nitrogen and oxygen atoms in total. The van der Waals surface area contributed by atoms with E-state index in [4.69, 9.17) is 20.3 Å². The fourth-order valence-corrected chi connectivity index (χ4v) is 2.92. The van der Waals surface area contributed by atoms with E-state index in [2.05, 4.69) is 25.2 Å². The van der Waals surface area contributed by atoms with E-state index in [1.54, 1.807) is 10.9 Å². The summed E-state index contributed by atoms with van der Waals surface area (Å²) in [6, 6.07) is 0. The van der Waals surface area contributed by atoms with E-state index in [-0.39, 0.29) is 12.6 Å². The lowest BCUT2D eigenvalue weighted by atomic mass is 10.3. The van der Waals surface area contributed by atoms with Crippen molar-refractivity contribution < 1.29 is 19.1 Å². The van der Waals surface area contributed by atoms with Crippen LogP contribution in [0.15, 0.2) is 6.33 Å². The lowest BCUT2D eigenvalue weighted by molar-refractivity contribution is 0.149. The summed E-state index contributed by atoms with van der Waals surface area (Å²) in [7, 11) is -4.16. The van der Waals surface area contributed by atoms with Gasteiger partial charge in [-0.15, -0.1) is 0 Å². The predicted octanol–water partition coefficient (Wildman–Crippen LogP) is -1.03. The lowest BCUT2D eigenvalue weighted by Crippen LogP contribution is -2.44. The Morgan fingerprint density at radius 2 is 2.08 bits per heavy atom. The van der Waals surface area contributed by atoms with Crippen molar-refractivity contribution in [3.8, 4) is 0 Å². The number of fused-ring (bicyclic) bond motifs is 1. The number of imidazole rings is 1. The van der Waals surface area contributed by atoms with Crippen LogP contribution in [0, 0.1) is 0 Å². The van der Waals surface area contributed by atoms with Gasteiger partial charge < -0.3 is 35.0 Å². The molecule has 2 aromatic rings. The van der Waals surface area contributed by atoms with E-state index in [9.17, 15) is 4.57 Å². The molecule has 0 unspecified atom stereocenters. The monoisotopic (exact) mass is 357 g/mol. The second-order valence-electron chi connectivity index (χ2n) is 5.45. The standard InChI is InChI=1S/C12H20N7O4P/c13-12-16-10(18-3-1-14-2-4-18)9-11(17-12)19(7-15-9)5-6-23-8-24(20,21)22/h7,14H,1-6,8H2,(H2,13,16,17)(H2,20,21,22). The molecule has 1 fully saturated rings. The molecule has 0 aliphatic carbocycles. The van der Waals surface area contributed by atoms with Crippen LogP contribution >= 0.6 is 7.60 Å². The molecule has 24 heavy (non-hydrogen) atoms. The van der Waals surface area contributed by atoms with Gasteiger partial charge in [0.15, 0.2) is 17.0 Å². The Labute approximate surface area is 138 Å². The van der Waals surface area contributed by atoms with Crippen LogP contribution in [0.25, 0.3) is 11.2 Å². The summed E-state index contributed by atoms with van der Waals surface area (Å²) in [5.74, 6) is 0.864. The number of nitrogen functional groups attached to an aromatic ring is 1. The quantitative estimate of drug-likeness (QED) is 0.373. The normalized spacial score (nSPS) is 16.0. The molecule has 0 spiro atoms. The van der Waals surface area contributed by atoms with Crippen LogP contribution in [-0.2, 0) is 15.8 Å². The SMILES string of the molecule is Nc1nc(N2CCNCC2)c2ncn(CCOCP(=O)(O)O)c2n1. The average molecular weight is 357 g/mol. The summed E-state index contributed by atoms with van der Waals surface area (Å²) < 4.78 is 17.5. The maximum absolute atomic E-state index is 10.8. The number of hydrogen-bond acceptors (Lipinski definition) is 8. The highest BCUT2D eigenvalue weighted by molar-refractivity contribution is 7.51. The van der Waals surface area contributed by atoms with Crippen LogP contribution in [0.5, 0.6) is 0 Å². The molecule has 1 saturated heterocycles. The molecule has 132 valence electrons. The molecule has 0 saturated carbocycles. The molecule has 3 rings (SSSR count). The van der Waals surface area contributed by atoms with Gasteiger partial charge in [-0.3, -0.25) is 4.57 Å². The van der Waals surface area contributed by atoms with Gasteiger partial charge in [-0.2, -0.15) is 9.97 Å². The summed E-state index contributed by atoms with van der Waals surface area (Å²) in [6.07, 6.45) is 0.994. The van der Waals surface area contributed by atoms with Crippen molar-refractivity contribution in [1.82, 2.24) is 24.8 Å². The third-order valence-electron chi connectivity index (χ3n) is 3.62. The molecule has 1 aliphatic rings. The Balaban J connectivity index is 1.78. The van der Waals surface area contributed by atoms with Crippen molar-refractivity contribution in [3.05, 3.63) is 6.33 Å². The van der Waals surface area contributed by atoms with Crippen LogP contribution in [0.4, 0.5) is 11.8 Å². The number of nitrogens with two attached hydrogens (primary N) is 1. The zero-order valence-electron chi connectivity index (χ0n) is 13.0. The molecule has 0 bridgehead atoms. The highest BCUT2D eigenvalue weighted by Gasteiger charge is 2.19. The van der Waals surface area contributed by atoms with Crippen molar-refractivity contribution in [1.29, 1.82) is 0 Å². The van der Waals surface area contributed by atoms with Crippen molar-refractivity contribution in [2.24, 2.45) is 0 Å². The van der Waals surface area contributed by atoms with Crippen molar-refractivity contribution in [2.75, 3.05) is 49.8 Å². The number of nitrogens with one attached hydrogen (secondary N) is 1. The smallest absolute Gasteiger partial charge is 0.350 e. The van der Waals surface area contributed by atoms with Gasteiger partial charge in [-0.05, 0) is 0 Å². The van der Waals surface area contributed by atoms with Crippen LogP contribution in [0.3, 0.4) is 0 Å². The van der Waals surface area contributed by atoms with Crippen molar-refractivity contribution in [3.63, 3.8) is 0 Å². The highest BCUT2D eigenvalue weighted by Crippen LogP contribution is 2.33. The van der Waals surface area contributed by atoms with E-state index in [0.29, 0.717) is 23.5 Å². The van der Waals surface area contributed by atoms with Gasteiger partial charge in [0.2, 0.25) is 5.95 Å². The zero-order chi connectivity index (χ0) is 17.2. The Bertz CT molecular complexity index is 755. The number of ether oxygens (including phenoxy) is 1. The average Bonchev–Trinajstić information content (AvgIpc) is 2.93. The van der Waals surface area contributed by atoms with Gasteiger partial charge in [-0.1, -0.05) is 0 Å². The second kappa shape index (κ2) is 6.99. The molecule has 12 heteroatoms. The van der Waals surface area contributed by atoms with Gasteiger partial charge in [0, 0.05) is 32.7 Å². The van der Waals surface area contributed by atoms with Gasteiger partial charge in [0.1, 0.15) is 6.35 Å². The van der Waals surface area contributed by atoms with E-state index in [1.165, 1.54) is 0 Å². The van der Waals surface area contributed by atoms with Crippen LogP contribution in [0.1, 0.15) is 0 Å². The minimum atomic E-state index is -4.16. The van der Waals surface area contributed by atoms with Crippen LogP contribution in [-0.4, -0.2) is 68.4 Å². The number of hydrogen-bond donors (Lipinski definition) is 4. The molecule has 0 radical (unpaired) electrons. The topological polar surface area (TPSA) is 152 Å². The Morgan fingerprint density at radius 3 is 2.79 bits per heavy atom. The first-order valence-corrected chi connectivity index (χ1v) is 9.30. The third-order valence-corrected chi connectivity index (χ3v) is 4.13. The van der Waals surface area contributed by atoms with Gasteiger partial charge in [0.05, 0.1) is 12.9 Å². The largest absolute Gasteiger partial charge is 0.368 e. The van der Waals surface area contributed by atoms with Gasteiger partial charge in [-0.25, -0.2) is 4.98 Å². The van der Waals surface area contributed by atoms with E-state index in [0.717, 1.165) is 26.2 Å². The predicted molar refractivity (Wildman–Crippen MR) is 87.7 cm³/mol. The highest BCUT2D eigenvalue weighted by atomic mass is 31.2. The van der Waals surface area contributed by atoms with Gasteiger partial charge in [0.25, 0.3) is 0 Å². The Kier molecular flexibility index (Phi) is 4.97. The molecule has 0 aromatic carbocycles. The molecule has 1 aliphatic heterocycles. The lowest BCUT2D eigenvalue weighted by Gasteiger charge is -2.28. The number of piperazine rings is 1. The van der Waals surface area contributed by atoms with Crippen LogP contribution in [0.2, 0.25) is 0 Å². The van der Waals surface area contributed by atoms with Crippen molar-refractivity contribution in [2.45, 2.75) is 6.54 Å². The molecule has 0 atom stereocenters.